The first-order valence-electron chi connectivity index (χ1n) is 5.74. The molecule has 0 radical (unpaired) electrons. The van der Waals surface area contributed by atoms with E-state index in [4.69, 9.17) is 9.47 Å². The van der Waals surface area contributed by atoms with Crippen molar-refractivity contribution in [2.45, 2.75) is 6.92 Å². The second kappa shape index (κ2) is 5.40. The molecule has 0 amide bonds. The maximum Gasteiger partial charge on any atom is 0.330 e. The van der Waals surface area contributed by atoms with E-state index in [0.29, 0.717) is 6.61 Å². The molecule has 0 atom stereocenters. The number of esters is 1. The fourth-order valence-corrected chi connectivity index (χ4v) is 1.69. The van der Waals surface area contributed by atoms with Crippen molar-refractivity contribution < 1.29 is 14.3 Å². The normalized spacial score (nSPS) is 11.0. The maximum absolute atomic E-state index is 11.2. The van der Waals surface area contributed by atoms with Gasteiger partial charge in [-0.15, -0.1) is 0 Å². The standard InChI is InChI=1S/C14H15NO3/c1-3-18-14(16)7-5-11-8-10-4-6-12(17-2)9-13(10)15-11/h4-9,15H,3H2,1-2H3/b7-5+. The SMILES string of the molecule is CCOC(=O)/C=C/c1cc2ccc(OC)cc2[nH]1. The summed E-state index contributed by atoms with van der Waals surface area (Å²) in [5.74, 6) is 0.457. The highest BCUT2D eigenvalue weighted by Gasteiger charge is 2.01. The average Bonchev–Trinajstić information content (AvgIpc) is 2.78. The molecule has 1 aromatic heterocycles. The van der Waals surface area contributed by atoms with Gasteiger partial charge in [0.15, 0.2) is 0 Å². The van der Waals surface area contributed by atoms with E-state index in [1.807, 2.05) is 24.3 Å². The molecule has 1 N–H and O–H groups in total. The monoisotopic (exact) mass is 245 g/mol. The summed E-state index contributed by atoms with van der Waals surface area (Å²) < 4.78 is 9.96. The molecule has 4 heteroatoms. The summed E-state index contributed by atoms with van der Waals surface area (Å²) in [4.78, 5) is 14.4. The van der Waals surface area contributed by atoms with Crippen LogP contribution in [0, 0.1) is 0 Å². The molecule has 2 rings (SSSR count). The predicted octanol–water partition coefficient (Wildman–Crippen LogP) is 2.75. The number of aromatic nitrogens is 1. The van der Waals surface area contributed by atoms with Gasteiger partial charge in [0, 0.05) is 28.7 Å². The van der Waals surface area contributed by atoms with E-state index >= 15 is 0 Å². The molecule has 0 aliphatic carbocycles. The summed E-state index contributed by atoms with van der Waals surface area (Å²) in [6.45, 7) is 2.16. The second-order valence-corrected chi connectivity index (χ2v) is 3.76. The third-order valence-electron chi connectivity index (χ3n) is 2.54. The molecule has 1 aromatic carbocycles. The van der Waals surface area contributed by atoms with Crippen LogP contribution in [-0.4, -0.2) is 24.7 Å². The number of methoxy groups -OCH3 is 1. The van der Waals surface area contributed by atoms with Crippen molar-refractivity contribution in [2.24, 2.45) is 0 Å². The lowest BCUT2D eigenvalue weighted by molar-refractivity contribution is -0.137. The second-order valence-electron chi connectivity index (χ2n) is 3.76. The van der Waals surface area contributed by atoms with Crippen LogP contribution in [0.15, 0.2) is 30.3 Å². The first kappa shape index (κ1) is 12.2. The number of carbonyl (C=O) groups excluding carboxylic acids is 1. The molecule has 0 aliphatic rings. The van der Waals surface area contributed by atoms with Gasteiger partial charge in [-0.3, -0.25) is 0 Å². The fraction of sp³-hybridized carbons (Fsp3) is 0.214. The first-order chi connectivity index (χ1) is 8.72. The zero-order valence-corrected chi connectivity index (χ0v) is 10.4. The van der Waals surface area contributed by atoms with E-state index in [-0.39, 0.29) is 5.97 Å². The van der Waals surface area contributed by atoms with Gasteiger partial charge >= 0.3 is 5.97 Å². The van der Waals surface area contributed by atoms with Crippen molar-refractivity contribution in [1.29, 1.82) is 0 Å². The third kappa shape index (κ3) is 2.71. The quantitative estimate of drug-likeness (QED) is 0.665. The summed E-state index contributed by atoms with van der Waals surface area (Å²) in [7, 11) is 1.63. The summed E-state index contributed by atoms with van der Waals surface area (Å²) in [6.07, 6.45) is 3.11. The van der Waals surface area contributed by atoms with Crippen molar-refractivity contribution >= 4 is 22.9 Å². The third-order valence-corrected chi connectivity index (χ3v) is 2.54. The van der Waals surface area contributed by atoms with Gasteiger partial charge in [-0.05, 0) is 31.2 Å². The molecular formula is C14H15NO3. The lowest BCUT2D eigenvalue weighted by atomic mass is 10.2. The highest BCUT2D eigenvalue weighted by molar-refractivity contribution is 5.89. The van der Waals surface area contributed by atoms with Crippen molar-refractivity contribution in [3.8, 4) is 5.75 Å². The summed E-state index contributed by atoms with van der Waals surface area (Å²) in [5.41, 5.74) is 1.82. The van der Waals surface area contributed by atoms with Crippen LogP contribution in [-0.2, 0) is 9.53 Å². The molecule has 4 nitrogen and oxygen atoms in total. The molecule has 0 fully saturated rings. The maximum atomic E-state index is 11.2. The van der Waals surface area contributed by atoms with Gasteiger partial charge in [0.25, 0.3) is 0 Å². The summed E-state index contributed by atoms with van der Waals surface area (Å²) in [6, 6.07) is 7.74. The fourth-order valence-electron chi connectivity index (χ4n) is 1.69. The van der Waals surface area contributed by atoms with Crippen LogP contribution in [0.25, 0.3) is 17.0 Å². The minimum atomic E-state index is -0.339. The molecule has 18 heavy (non-hydrogen) atoms. The number of hydrogen-bond donors (Lipinski definition) is 1. The first-order valence-corrected chi connectivity index (χ1v) is 5.74. The lowest BCUT2D eigenvalue weighted by Crippen LogP contribution is -1.98. The number of benzene rings is 1. The Morgan fingerprint density at radius 3 is 2.94 bits per heavy atom. The van der Waals surface area contributed by atoms with E-state index in [1.165, 1.54) is 6.08 Å². The highest BCUT2D eigenvalue weighted by Crippen LogP contribution is 2.21. The molecule has 2 aromatic rings. The van der Waals surface area contributed by atoms with Crippen LogP contribution < -0.4 is 4.74 Å². The topological polar surface area (TPSA) is 51.3 Å². The number of ether oxygens (including phenoxy) is 2. The lowest BCUT2D eigenvalue weighted by Gasteiger charge is -1.97. The number of hydrogen-bond acceptors (Lipinski definition) is 3. The van der Waals surface area contributed by atoms with E-state index in [1.54, 1.807) is 20.1 Å². The predicted molar refractivity (Wildman–Crippen MR) is 70.5 cm³/mol. The van der Waals surface area contributed by atoms with E-state index in [2.05, 4.69) is 4.98 Å². The van der Waals surface area contributed by atoms with E-state index in [9.17, 15) is 4.79 Å². The van der Waals surface area contributed by atoms with Crippen molar-refractivity contribution in [1.82, 2.24) is 4.98 Å². The number of fused-ring (bicyclic) bond motifs is 1. The van der Waals surface area contributed by atoms with E-state index in [0.717, 1.165) is 22.3 Å². The Morgan fingerprint density at radius 2 is 2.22 bits per heavy atom. The minimum Gasteiger partial charge on any atom is -0.497 e. The Labute approximate surface area is 105 Å². The number of carbonyl (C=O) groups is 1. The summed E-state index contributed by atoms with van der Waals surface area (Å²) in [5, 5.41) is 1.07. The Kier molecular flexibility index (Phi) is 3.67. The Morgan fingerprint density at radius 1 is 1.39 bits per heavy atom. The van der Waals surface area contributed by atoms with Crippen molar-refractivity contribution in [2.75, 3.05) is 13.7 Å². The van der Waals surface area contributed by atoms with Crippen LogP contribution in [0.5, 0.6) is 5.75 Å². The van der Waals surface area contributed by atoms with Gasteiger partial charge in [-0.1, -0.05) is 0 Å². The average molecular weight is 245 g/mol. The van der Waals surface area contributed by atoms with Gasteiger partial charge in [0.05, 0.1) is 13.7 Å². The molecule has 0 saturated carbocycles. The molecular weight excluding hydrogens is 230 g/mol. The summed E-state index contributed by atoms with van der Waals surface area (Å²) >= 11 is 0. The van der Waals surface area contributed by atoms with Gasteiger partial charge in [-0.2, -0.15) is 0 Å². The van der Waals surface area contributed by atoms with Crippen LogP contribution in [0.2, 0.25) is 0 Å². The van der Waals surface area contributed by atoms with Crippen LogP contribution in [0.3, 0.4) is 0 Å². The van der Waals surface area contributed by atoms with Crippen molar-refractivity contribution in [3.05, 3.63) is 36.0 Å². The number of nitrogens with one attached hydrogen (secondary N) is 1. The Bertz CT molecular complexity index is 584. The zero-order chi connectivity index (χ0) is 13.0. The molecule has 0 unspecified atom stereocenters. The Hall–Kier alpha value is -2.23. The molecule has 0 aliphatic heterocycles. The van der Waals surface area contributed by atoms with E-state index < -0.39 is 0 Å². The Balaban J connectivity index is 2.22. The van der Waals surface area contributed by atoms with Gasteiger partial charge in [0.2, 0.25) is 0 Å². The minimum absolute atomic E-state index is 0.339. The number of rotatable bonds is 4. The van der Waals surface area contributed by atoms with Crippen molar-refractivity contribution in [3.63, 3.8) is 0 Å². The van der Waals surface area contributed by atoms with Gasteiger partial charge < -0.3 is 14.5 Å². The van der Waals surface area contributed by atoms with Crippen LogP contribution in [0.4, 0.5) is 0 Å². The number of aromatic amines is 1. The smallest absolute Gasteiger partial charge is 0.330 e. The van der Waals surface area contributed by atoms with Crippen LogP contribution in [0.1, 0.15) is 12.6 Å². The molecule has 0 saturated heterocycles. The molecule has 1 heterocycles. The van der Waals surface area contributed by atoms with Gasteiger partial charge in [-0.25, -0.2) is 4.79 Å². The highest BCUT2D eigenvalue weighted by atomic mass is 16.5. The number of H-pyrrole nitrogens is 1. The molecule has 0 spiro atoms. The van der Waals surface area contributed by atoms with Crippen LogP contribution >= 0.6 is 0 Å². The molecule has 0 bridgehead atoms. The largest absolute Gasteiger partial charge is 0.497 e. The zero-order valence-electron chi connectivity index (χ0n) is 10.4. The molecule has 94 valence electrons. The van der Waals surface area contributed by atoms with Gasteiger partial charge in [0.1, 0.15) is 5.75 Å².